The molecule has 0 aromatic carbocycles. The lowest BCUT2D eigenvalue weighted by Crippen LogP contribution is -1.88. The first-order chi connectivity index (χ1) is 2.81. The molecule has 4 heteroatoms. The van der Waals surface area contributed by atoms with Crippen molar-refractivity contribution in [2.45, 2.75) is 0 Å². The molecule has 0 aliphatic heterocycles. The van der Waals surface area contributed by atoms with Crippen LogP contribution in [-0.4, -0.2) is 14.4 Å². The summed E-state index contributed by atoms with van der Waals surface area (Å²) in [6.07, 6.45) is 0. The first kappa shape index (κ1) is 6.85. The largest absolute Gasteiger partial charge is 0.258 e. The van der Waals surface area contributed by atoms with Crippen LogP contribution in [0.2, 0.25) is 0 Å². The minimum absolute atomic E-state index is 0.420. The van der Waals surface area contributed by atoms with Gasteiger partial charge in [0, 0.05) is 10.8 Å². The van der Waals surface area contributed by atoms with E-state index in [4.69, 9.17) is 0 Å². The molecule has 0 aromatic rings. The molecule has 0 aliphatic rings. The predicted molar refractivity (Wildman–Crippen MR) is 35.8 cm³/mol. The summed E-state index contributed by atoms with van der Waals surface area (Å²) >= 11 is 7.49. The molecule has 6 heavy (non-hydrogen) atoms. The summed E-state index contributed by atoms with van der Waals surface area (Å²) in [6.45, 7) is 0. The Kier molecular flexibility index (Phi) is 4.59. The molecule has 0 rings (SSSR count). The summed E-state index contributed by atoms with van der Waals surface area (Å²) in [4.78, 5) is 0. The first-order valence-electron chi connectivity index (χ1n) is 1.38. The fourth-order valence-corrected chi connectivity index (χ4v) is 1.10. The zero-order chi connectivity index (χ0) is 4.99. The number of hydrogen-bond donors (Lipinski definition) is 2. The number of hydrogen-bond acceptors (Lipinski definition) is 3. The molecule has 1 nitrogen and oxygen atoms in total. The van der Waals surface area contributed by atoms with Crippen LogP contribution < -0.4 is 0 Å². The van der Waals surface area contributed by atoms with E-state index >= 15 is 0 Å². The van der Waals surface area contributed by atoms with Gasteiger partial charge in [0.15, 0.2) is 0 Å². The van der Waals surface area contributed by atoms with E-state index < -0.39 is 10.8 Å². The zero-order valence-corrected chi connectivity index (χ0v) is 5.73. The average molecular weight is 142 g/mol. The molecule has 0 N–H and O–H groups in total. The average Bonchev–Trinajstić information content (AvgIpc) is 1.65. The molecular weight excluding hydrogens is 136 g/mol. The Balaban J connectivity index is 2.99. The summed E-state index contributed by atoms with van der Waals surface area (Å²) in [6, 6.07) is 0. The first-order valence-corrected chi connectivity index (χ1v) is 4.13. The van der Waals surface area contributed by atoms with Crippen molar-refractivity contribution in [1.82, 2.24) is 0 Å². The Bertz CT molecular complexity index is 46.8. The van der Waals surface area contributed by atoms with Crippen LogP contribution in [0.4, 0.5) is 0 Å². The minimum Gasteiger partial charge on any atom is -0.258 e. The van der Waals surface area contributed by atoms with Gasteiger partial charge >= 0.3 is 0 Å². The van der Waals surface area contributed by atoms with E-state index in [1.54, 1.807) is 0 Å². The van der Waals surface area contributed by atoms with Gasteiger partial charge in [-0.1, -0.05) is 0 Å². The van der Waals surface area contributed by atoms with Crippen molar-refractivity contribution in [3.63, 3.8) is 0 Å². The third kappa shape index (κ3) is 3.06. The van der Waals surface area contributed by atoms with Crippen molar-refractivity contribution in [1.29, 1.82) is 0 Å². The Morgan fingerprint density at radius 1 is 1.33 bits per heavy atom. The predicted octanol–water partition coefficient (Wildman–Crippen LogP) is 0.510. The molecule has 0 aliphatic carbocycles. The molecule has 38 valence electrons. The standard InChI is InChI=1S/C2H6OS3/c3-6(1-4)2-5/h4-5H,1-2H2. The van der Waals surface area contributed by atoms with Crippen LogP contribution in [0, 0.1) is 0 Å². The Morgan fingerprint density at radius 2 is 1.67 bits per heavy atom. The SMILES string of the molecule is O=S(CS)CS. The smallest absolute Gasteiger partial charge is 0.0670 e. The Morgan fingerprint density at radius 3 is 1.67 bits per heavy atom. The van der Waals surface area contributed by atoms with Gasteiger partial charge in [0.1, 0.15) is 0 Å². The van der Waals surface area contributed by atoms with Crippen LogP contribution in [0.1, 0.15) is 0 Å². The molecule has 0 saturated heterocycles. The second-order valence-electron chi connectivity index (χ2n) is 0.698. The molecule has 0 heterocycles. The summed E-state index contributed by atoms with van der Waals surface area (Å²) in [5.41, 5.74) is 0. The van der Waals surface area contributed by atoms with Gasteiger partial charge in [0.2, 0.25) is 0 Å². The maximum Gasteiger partial charge on any atom is 0.0670 e. The lowest BCUT2D eigenvalue weighted by molar-refractivity contribution is 0.689. The quantitative estimate of drug-likeness (QED) is 0.537. The van der Waals surface area contributed by atoms with Crippen molar-refractivity contribution >= 4 is 36.1 Å². The molecule has 0 bridgehead atoms. The molecule has 0 aromatic heterocycles. The van der Waals surface area contributed by atoms with Crippen LogP contribution in [0.5, 0.6) is 0 Å². The van der Waals surface area contributed by atoms with Gasteiger partial charge in [-0.3, -0.25) is 4.21 Å². The normalized spacial score (nSPS) is 9.83. The molecule has 0 spiro atoms. The third-order valence-corrected chi connectivity index (χ3v) is 2.59. The van der Waals surface area contributed by atoms with E-state index in [1.807, 2.05) is 0 Å². The fourth-order valence-electron chi connectivity index (χ4n) is 0.0408. The molecule has 0 atom stereocenters. The highest BCUT2D eigenvalue weighted by Gasteiger charge is 1.85. The van der Waals surface area contributed by atoms with Gasteiger partial charge in [0.05, 0.1) is 10.2 Å². The summed E-state index contributed by atoms with van der Waals surface area (Å²) < 4.78 is 10.1. The highest BCUT2D eigenvalue weighted by Crippen LogP contribution is 1.86. The Hall–Kier alpha value is 0.850. The molecule has 0 radical (unpaired) electrons. The summed E-state index contributed by atoms with van der Waals surface area (Å²) in [5.74, 6) is 0. The van der Waals surface area contributed by atoms with Crippen LogP contribution in [-0.2, 0) is 10.8 Å². The molecule has 0 fully saturated rings. The monoisotopic (exact) mass is 142 g/mol. The van der Waals surface area contributed by atoms with E-state index in [0.717, 1.165) is 0 Å². The lowest BCUT2D eigenvalue weighted by Gasteiger charge is -1.83. The van der Waals surface area contributed by atoms with E-state index in [1.165, 1.54) is 0 Å². The van der Waals surface area contributed by atoms with Gasteiger partial charge in [-0.25, -0.2) is 0 Å². The van der Waals surface area contributed by atoms with E-state index in [0.29, 0.717) is 10.2 Å². The highest BCUT2D eigenvalue weighted by molar-refractivity contribution is 8.06. The zero-order valence-electron chi connectivity index (χ0n) is 3.13. The lowest BCUT2D eigenvalue weighted by atomic mass is 11.9. The van der Waals surface area contributed by atoms with E-state index in [-0.39, 0.29) is 0 Å². The van der Waals surface area contributed by atoms with Gasteiger partial charge in [0.25, 0.3) is 0 Å². The summed E-state index contributed by atoms with van der Waals surface area (Å²) in [7, 11) is -0.806. The number of rotatable bonds is 2. The van der Waals surface area contributed by atoms with Crippen molar-refractivity contribution < 1.29 is 4.21 Å². The maximum absolute atomic E-state index is 10.1. The minimum atomic E-state index is -0.806. The molecule has 0 saturated carbocycles. The Labute approximate surface area is 50.8 Å². The van der Waals surface area contributed by atoms with E-state index in [9.17, 15) is 4.21 Å². The van der Waals surface area contributed by atoms with Crippen molar-refractivity contribution in [3.05, 3.63) is 0 Å². The van der Waals surface area contributed by atoms with Crippen LogP contribution in [0.15, 0.2) is 0 Å². The second kappa shape index (κ2) is 4.02. The molecule has 0 unspecified atom stereocenters. The van der Waals surface area contributed by atoms with Gasteiger partial charge in [-0.05, 0) is 0 Å². The van der Waals surface area contributed by atoms with Crippen LogP contribution >= 0.6 is 25.3 Å². The van der Waals surface area contributed by atoms with Crippen molar-refractivity contribution in [3.8, 4) is 0 Å². The van der Waals surface area contributed by atoms with Crippen molar-refractivity contribution in [2.75, 3.05) is 10.2 Å². The van der Waals surface area contributed by atoms with Crippen LogP contribution in [0.3, 0.4) is 0 Å². The topological polar surface area (TPSA) is 17.1 Å². The fraction of sp³-hybridized carbons (Fsp3) is 1.00. The molecular formula is C2H6OS3. The van der Waals surface area contributed by atoms with Crippen molar-refractivity contribution in [2.24, 2.45) is 0 Å². The maximum atomic E-state index is 10.1. The van der Waals surface area contributed by atoms with E-state index in [2.05, 4.69) is 25.3 Å². The van der Waals surface area contributed by atoms with Gasteiger partial charge in [-0.2, -0.15) is 25.3 Å². The van der Waals surface area contributed by atoms with Gasteiger partial charge in [-0.15, -0.1) is 0 Å². The molecule has 0 amide bonds. The highest BCUT2D eigenvalue weighted by atomic mass is 32.2. The number of thiol groups is 2. The van der Waals surface area contributed by atoms with Gasteiger partial charge < -0.3 is 0 Å². The summed E-state index contributed by atoms with van der Waals surface area (Å²) in [5, 5.41) is 0.840. The van der Waals surface area contributed by atoms with Crippen LogP contribution in [0.25, 0.3) is 0 Å². The second-order valence-corrected chi connectivity index (χ2v) is 3.64. The third-order valence-electron chi connectivity index (χ3n) is 0.288.